The van der Waals surface area contributed by atoms with E-state index >= 15 is 0 Å². The molecule has 0 aromatic heterocycles. The lowest BCUT2D eigenvalue weighted by molar-refractivity contribution is 0.778. The van der Waals surface area contributed by atoms with Gasteiger partial charge in [0.2, 0.25) is 0 Å². The van der Waals surface area contributed by atoms with Crippen LogP contribution in [0.15, 0.2) is 20.0 Å². The van der Waals surface area contributed by atoms with Gasteiger partial charge in [-0.15, -0.1) is 0 Å². The third-order valence-corrected chi connectivity index (χ3v) is 2.35. The molecule has 0 saturated heterocycles. The Balaban J connectivity index is 4.84. The maximum atomic E-state index is 4.29. The molecule has 0 bridgehead atoms. The summed E-state index contributed by atoms with van der Waals surface area (Å²) >= 11 is 0. The highest BCUT2D eigenvalue weighted by Crippen LogP contribution is 2.03. The van der Waals surface area contributed by atoms with Gasteiger partial charge in [-0.3, -0.25) is 20.0 Å². The van der Waals surface area contributed by atoms with Crippen molar-refractivity contribution < 1.29 is 0 Å². The van der Waals surface area contributed by atoms with Crippen LogP contribution in [0, 0.1) is 6.92 Å². The third-order valence-electron chi connectivity index (χ3n) is 2.35. The van der Waals surface area contributed by atoms with Crippen LogP contribution < -0.4 is 0 Å². The summed E-state index contributed by atoms with van der Waals surface area (Å²) < 4.78 is 0. The van der Waals surface area contributed by atoms with Crippen molar-refractivity contribution in [2.75, 3.05) is 28.2 Å². The van der Waals surface area contributed by atoms with E-state index in [0.717, 1.165) is 37.1 Å². The average Bonchev–Trinajstić information content (AvgIpc) is 2.36. The normalized spacial score (nSPS) is 14.8. The summed E-state index contributed by atoms with van der Waals surface area (Å²) in [5.74, 6) is 0. The van der Waals surface area contributed by atoms with Gasteiger partial charge in [0.05, 0.1) is 5.71 Å². The fourth-order valence-electron chi connectivity index (χ4n) is 1.49. The number of rotatable bonds is 7. The molecule has 0 aliphatic heterocycles. The molecule has 94 valence electrons. The van der Waals surface area contributed by atoms with Crippen molar-refractivity contribution in [3.8, 4) is 0 Å². The quantitative estimate of drug-likeness (QED) is 0.479. The fourth-order valence-corrected chi connectivity index (χ4v) is 1.49. The van der Waals surface area contributed by atoms with Gasteiger partial charge in [-0.1, -0.05) is 19.8 Å². The highest BCUT2D eigenvalue weighted by atomic mass is 14.8. The van der Waals surface area contributed by atoms with Gasteiger partial charge in [0.1, 0.15) is 17.6 Å². The minimum absolute atomic E-state index is 0.658. The van der Waals surface area contributed by atoms with E-state index in [9.17, 15) is 0 Å². The summed E-state index contributed by atoms with van der Waals surface area (Å²) in [4.78, 5) is 16.5. The topological polar surface area (TPSA) is 49.4 Å². The molecule has 2 radical (unpaired) electrons. The van der Waals surface area contributed by atoms with E-state index in [-0.39, 0.29) is 0 Å². The van der Waals surface area contributed by atoms with Crippen LogP contribution in [0.2, 0.25) is 0 Å². The van der Waals surface area contributed by atoms with E-state index in [2.05, 4.69) is 33.1 Å². The maximum absolute atomic E-state index is 4.29. The minimum Gasteiger partial charge on any atom is -0.291 e. The van der Waals surface area contributed by atoms with Crippen molar-refractivity contribution >= 4 is 23.3 Å². The van der Waals surface area contributed by atoms with Gasteiger partial charge in [0, 0.05) is 28.2 Å². The van der Waals surface area contributed by atoms with Crippen LogP contribution >= 0.6 is 0 Å². The minimum atomic E-state index is 0.658. The van der Waals surface area contributed by atoms with Crippen molar-refractivity contribution in [3.63, 3.8) is 0 Å². The summed E-state index contributed by atoms with van der Waals surface area (Å²) in [5.41, 5.74) is 2.40. The monoisotopic (exact) mass is 234 g/mol. The lowest BCUT2D eigenvalue weighted by atomic mass is 10.0. The molecule has 0 unspecified atom stereocenters. The van der Waals surface area contributed by atoms with Crippen molar-refractivity contribution in [1.29, 1.82) is 0 Å². The summed E-state index contributed by atoms with van der Waals surface area (Å²) in [6, 6.07) is 0. The van der Waals surface area contributed by atoms with Gasteiger partial charge < -0.3 is 0 Å². The van der Waals surface area contributed by atoms with Gasteiger partial charge >= 0.3 is 0 Å². The zero-order chi connectivity index (χ0) is 13.1. The molecule has 0 spiro atoms. The highest BCUT2D eigenvalue weighted by molar-refractivity contribution is 6.79. The summed E-state index contributed by atoms with van der Waals surface area (Å²) in [7, 11) is 6.90. The van der Waals surface area contributed by atoms with E-state index in [1.54, 1.807) is 28.2 Å². The molecule has 0 atom stereocenters. The van der Waals surface area contributed by atoms with Crippen molar-refractivity contribution in [1.82, 2.24) is 0 Å². The first-order valence-electron chi connectivity index (χ1n) is 5.79. The molecule has 0 heterocycles. The second-order valence-corrected chi connectivity index (χ2v) is 3.46. The largest absolute Gasteiger partial charge is 0.291 e. The predicted octanol–water partition coefficient (Wildman–Crippen LogP) is 2.17. The third kappa shape index (κ3) is 5.52. The van der Waals surface area contributed by atoms with Crippen LogP contribution in [-0.4, -0.2) is 51.5 Å². The molecular weight excluding hydrogens is 212 g/mol. The molecule has 0 fully saturated rings. The predicted molar refractivity (Wildman–Crippen MR) is 77.3 cm³/mol. The van der Waals surface area contributed by atoms with E-state index in [1.807, 2.05) is 0 Å². The Morgan fingerprint density at radius 3 is 2.12 bits per heavy atom. The lowest BCUT2D eigenvalue weighted by Crippen LogP contribution is -2.25. The van der Waals surface area contributed by atoms with Crippen molar-refractivity contribution in [3.05, 3.63) is 6.92 Å². The molecule has 4 heteroatoms. The standard InChI is InChI=1S/C13H22N4/c1-6-7-8-9-11(15-3)13(17-5)12(16-4)10-14-2/h1,6-9H2,2-5H3. The van der Waals surface area contributed by atoms with Gasteiger partial charge in [-0.25, -0.2) is 0 Å². The van der Waals surface area contributed by atoms with Gasteiger partial charge in [-0.05, 0) is 12.8 Å². The van der Waals surface area contributed by atoms with Crippen molar-refractivity contribution in [2.45, 2.75) is 25.7 Å². The SMILES string of the molecule is [CH2]CCCCC(=NC)C(=NC)C(/[C]=N/C)=NC. The molecule has 0 aromatic rings. The maximum Gasteiger partial charge on any atom is 0.112 e. The van der Waals surface area contributed by atoms with E-state index in [0.29, 0.717) is 5.71 Å². The Labute approximate surface area is 105 Å². The molecule has 17 heavy (non-hydrogen) atoms. The van der Waals surface area contributed by atoms with Crippen molar-refractivity contribution in [2.24, 2.45) is 20.0 Å². The molecule has 0 rings (SSSR count). The second-order valence-electron chi connectivity index (χ2n) is 3.46. The Bertz CT molecular complexity index is 324. The van der Waals surface area contributed by atoms with E-state index in [4.69, 9.17) is 0 Å². The van der Waals surface area contributed by atoms with E-state index in [1.165, 1.54) is 0 Å². The second kappa shape index (κ2) is 9.87. The van der Waals surface area contributed by atoms with Crippen LogP contribution in [0.25, 0.3) is 0 Å². The molecule has 0 saturated carbocycles. The first-order valence-corrected chi connectivity index (χ1v) is 5.79. The van der Waals surface area contributed by atoms with Crippen LogP contribution in [0.4, 0.5) is 0 Å². The van der Waals surface area contributed by atoms with Gasteiger partial charge in [0.25, 0.3) is 0 Å². The average molecular weight is 234 g/mol. The first kappa shape index (κ1) is 15.7. The smallest absolute Gasteiger partial charge is 0.112 e. The number of aliphatic imine (C=N–C) groups is 4. The Morgan fingerprint density at radius 1 is 1.00 bits per heavy atom. The fraction of sp³-hybridized carbons (Fsp3) is 0.615. The molecule has 0 amide bonds. The highest BCUT2D eigenvalue weighted by Gasteiger charge is 2.12. The summed E-state index contributed by atoms with van der Waals surface area (Å²) in [6.45, 7) is 3.83. The zero-order valence-electron chi connectivity index (χ0n) is 11.3. The summed E-state index contributed by atoms with van der Waals surface area (Å²) in [6.07, 6.45) is 6.85. The zero-order valence-corrected chi connectivity index (χ0v) is 11.3. The summed E-state index contributed by atoms with van der Waals surface area (Å²) in [5, 5.41) is 0. The van der Waals surface area contributed by atoms with Gasteiger partial charge in [-0.2, -0.15) is 0 Å². The van der Waals surface area contributed by atoms with Gasteiger partial charge in [0.15, 0.2) is 0 Å². The molecule has 0 aliphatic rings. The number of hydrogen-bond acceptors (Lipinski definition) is 4. The molecule has 0 N–H and O–H groups in total. The number of unbranched alkanes of at least 4 members (excludes halogenated alkanes) is 2. The van der Waals surface area contributed by atoms with Crippen LogP contribution in [-0.2, 0) is 0 Å². The van der Waals surface area contributed by atoms with Crippen LogP contribution in [0.3, 0.4) is 0 Å². The molecule has 0 aromatic carbocycles. The Kier molecular flexibility index (Phi) is 9.11. The lowest BCUT2D eigenvalue weighted by Gasteiger charge is -2.08. The molecule has 0 aliphatic carbocycles. The van der Waals surface area contributed by atoms with Crippen LogP contribution in [0.1, 0.15) is 25.7 Å². The Morgan fingerprint density at radius 2 is 1.71 bits per heavy atom. The number of hydrogen-bond donors (Lipinski definition) is 0. The Hall–Kier alpha value is -1.32. The van der Waals surface area contributed by atoms with E-state index < -0.39 is 0 Å². The molecular formula is C13H22N4. The first-order chi connectivity index (χ1) is 8.24. The van der Waals surface area contributed by atoms with Crippen LogP contribution in [0.5, 0.6) is 0 Å². The number of nitrogens with zero attached hydrogens (tertiary/aromatic N) is 4. The molecule has 4 nitrogen and oxygen atoms in total.